The Morgan fingerprint density at radius 3 is 2.56 bits per heavy atom. The normalized spacial score (nSPS) is 25.2. The maximum absolute atomic E-state index is 8.63. The van der Waals surface area contributed by atoms with Gasteiger partial charge in [-0.1, -0.05) is 12.1 Å². The summed E-state index contributed by atoms with van der Waals surface area (Å²) in [6.07, 6.45) is 2.48. The summed E-state index contributed by atoms with van der Waals surface area (Å²) in [4.78, 5) is 2.43. The average Bonchev–Trinajstić information content (AvgIpc) is 2.38. The molecule has 2 unspecified atom stereocenters. The Morgan fingerprint density at radius 2 is 2.00 bits per heavy atom. The summed E-state index contributed by atoms with van der Waals surface area (Å²) >= 11 is 0. The number of oxime groups is 1. The summed E-state index contributed by atoms with van der Waals surface area (Å²) in [5, 5.41) is 11.6. The Hall–Kier alpha value is -1.71. The van der Waals surface area contributed by atoms with E-state index in [4.69, 9.17) is 10.9 Å². The fourth-order valence-corrected chi connectivity index (χ4v) is 2.67. The van der Waals surface area contributed by atoms with Gasteiger partial charge in [-0.3, -0.25) is 0 Å². The van der Waals surface area contributed by atoms with Gasteiger partial charge in [0.05, 0.1) is 0 Å². The molecule has 1 saturated heterocycles. The van der Waals surface area contributed by atoms with Gasteiger partial charge in [0, 0.05) is 23.8 Å². The van der Waals surface area contributed by atoms with Crippen LogP contribution in [0.3, 0.4) is 0 Å². The van der Waals surface area contributed by atoms with E-state index in [2.05, 4.69) is 23.9 Å². The van der Waals surface area contributed by atoms with Crippen LogP contribution in [-0.4, -0.2) is 23.6 Å². The number of nitrogens with zero attached hydrogens (tertiary/aromatic N) is 2. The lowest BCUT2D eigenvalue weighted by atomic mass is 9.93. The molecule has 0 radical (unpaired) electrons. The highest BCUT2D eigenvalue weighted by atomic mass is 16.4. The quantitative estimate of drug-likeness (QED) is 0.365. The largest absolute Gasteiger partial charge is 0.409 e. The monoisotopic (exact) mass is 247 g/mol. The maximum Gasteiger partial charge on any atom is 0.170 e. The summed E-state index contributed by atoms with van der Waals surface area (Å²) in [7, 11) is 0. The van der Waals surface area contributed by atoms with Crippen molar-refractivity contribution < 1.29 is 5.21 Å². The van der Waals surface area contributed by atoms with E-state index in [1.807, 2.05) is 24.3 Å². The van der Waals surface area contributed by atoms with E-state index in [-0.39, 0.29) is 5.84 Å². The zero-order valence-electron chi connectivity index (χ0n) is 11.0. The molecule has 1 heterocycles. The predicted octanol–water partition coefficient (Wildman–Crippen LogP) is 2.41. The molecule has 2 rings (SSSR count). The second-order valence-corrected chi connectivity index (χ2v) is 5.20. The molecule has 0 saturated carbocycles. The fraction of sp³-hybridized carbons (Fsp3) is 0.500. The summed E-state index contributed by atoms with van der Waals surface area (Å²) in [6, 6.07) is 8.45. The zero-order chi connectivity index (χ0) is 13.1. The summed E-state index contributed by atoms with van der Waals surface area (Å²) in [5.41, 5.74) is 7.52. The third-order valence-corrected chi connectivity index (χ3v) is 3.74. The Morgan fingerprint density at radius 1 is 1.33 bits per heavy atom. The van der Waals surface area contributed by atoms with Gasteiger partial charge in [0.15, 0.2) is 5.84 Å². The van der Waals surface area contributed by atoms with Crippen LogP contribution in [0.2, 0.25) is 0 Å². The minimum Gasteiger partial charge on any atom is -0.409 e. The molecule has 4 heteroatoms. The van der Waals surface area contributed by atoms with Crippen LogP contribution in [0.25, 0.3) is 0 Å². The molecule has 18 heavy (non-hydrogen) atoms. The van der Waals surface area contributed by atoms with E-state index in [1.165, 1.54) is 18.5 Å². The number of rotatable bonds is 2. The van der Waals surface area contributed by atoms with Crippen LogP contribution in [0.4, 0.5) is 5.69 Å². The summed E-state index contributed by atoms with van der Waals surface area (Å²) in [5.74, 6) is 0.967. The SMILES string of the molecule is CC1CCN(c2ccc(C(N)=NO)cc2)C(C)C1. The fourth-order valence-electron chi connectivity index (χ4n) is 2.67. The van der Waals surface area contributed by atoms with E-state index in [0.717, 1.165) is 18.0 Å². The minimum atomic E-state index is 0.155. The molecule has 2 atom stereocenters. The first kappa shape index (κ1) is 12.7. The third kappa shape index (κ3) is 2.58. The van der Waals surface area contributed by atoms with Crippen LogP contribution >= 0.6 is 0 Å². The highest BCUT2D eigenvalue weighted by molar-refractivity contribution is 5.97. The number of piperidine rings is 1. The van der Waals surface area contributed by atoms with Gasteiger partial charge in [0.1, 0.15) is 0 Å². The molecule has 1 aliphatic heterocycles. The van der Waals surface area contributed by atoms with E-state index in [9.17, 15) is 0 Å². The lowest BCUT2D eigenvalue weighted by Gasteiger charge is -2.38. The van der Waals surface area contributed by atoms with E-state index in [0.29, 0.717) is 6.04 Å². The molecule has 1 aromatic rings. The van der Waals surface area contributed by atoms with Gasteiger partial charge in [0.2, 0.25) is 0 Å². The lowest BCUT2D eigenvalue weighted by Crippen LogP contribution is -2.40. The molecule has 3 N–H and O–H groups in total. The van der Waals surface area contributed by atoms with Crippen molar-refractivity contribution in [1.82, 2.24) is 0 Å². The number of hydrogen-bond acceptors (Lipinski definition) is 3. The van der Waals surface area contributed by atoms with Crippen molar-refractivity contribution in [3.63, 3.8) is 0 Å². The van der Waals surface area contributed by atoms with Crippen molar-refractivity contribution in [1.29, 1.82) is 0 Å². The molecule has 0 bridgehead atoms. The molecular weight excluding hydrogens is 226 g/mol. The number of benzene rings is 1. The number of amidine groups is 1. The van der Waals surface area contributed by atoms with Crippen molar-refractivity contribution in [2.24, 2.45) is 16.8 Å². The average molecular weight is 247 g/mol. The zero-order valence-corrected chi connectivity index (χ0v) is 11.0. The van der Waals surface area contributed by atoms with Gasteiger partial charge in [0.25, 0.3) is 0 Å². The van der Waals surface area contributed by atoms with Crippen LogP contribution in [-0.2, 0) is 0 Å². The topological polar surface area (TPSA) is 61.8 Å². The van der Waals surface area contributed by atoms with Crippen LogP contribution in [0, 0.1) is 5.92 Å². The number of anilines is 1. The minimum absolute atomic E-state index is 0.155. The standard InChI is InChI=1S/C14H21N3O/c1-10-7-8-17(11(2)9-10)13-5-3-12(4-6-13)14(15)16-18/h3-6,10-11,18H,7-9H2,1-2H3,(H2,15,16). The Kier molecular flexibility index (Phi) is 3.75. The third-order valence-electron chi connectivity index (χ3n) is 3.74. The van der Waals surface area contributed by atoms with Crippen molar-refractivity contribution in [2.75, 3.05) is 11.4 Å². The van der Waals surface area contributed by atoms with Gasteiger partial charge in [-0.05, 0) is 49.9 Å². The number of nitrogens with two attached hydrogens (primary N) is 1. The van der Waals surface area contributed by atoms with Gasteiger partial charge in [-0.2, -0.15) is 0 Å². The van der Waals surface area contributed by atoms with Crippen molar-refractivity contribution in [3.8, 4) is 0 Å². The molecule has 4 nitrogen and oxygen atoms in total. The molecule has 1 fully saturated rings. The van der Waals surface area contributed by atoms with Gasteiger partial charge < -0.3 is 15.8 Å². The summed E-state index contributed by atoms with van der Waals surface area (Å²) < 4.78 is 0. The Labute approximate surface area is 108 Å². The van der Waals surface area contributed by atoms with Crippen LogP contribution in [0.1, 0.15) is 32.3 Å². The molecule has 0 spiro atoms. The Bertz CT molecular complexity index is 427. The first-order valence-corrected chi connectivity index (χ1v) is 6.46. The molecule has 0 aromatic heterocycles. The predicted molar refractivity (Wildman–Crippen MR) is 74.2 cm³/mol. The first-order valence-electron chi connectivity index (χ1n) is 6.46. The van der Waals surface area contributed by atoms with Gasteiger partial charge in [-0.25, -0.2) is 0 Å². The highest BCUT2D eigenvalue weighted by Crippen LogP contribution is 2.27. The van der Waals surface area contributed by atoms with Crippen molar-refractivity contribution in [2.45, 2.75) is 32.7 Å². The summed E-state index contributed by atoms with van der Waals surface area (Å²) in [6.45, 7) is 5.69. The van der Waals surface area contributed by atoms with E-state index in [1.54, 1.807) is 0 Å². The van der Waals surface area contributed by atoms with Crippen LogP contribution in [0.15, 0.2) is 29.4 Å². The highest BCUT2D eigenvalue weighted by Gasteiger charge is 2.22. The molecule has 0 amide bonds. The molecular formula is C14H21N3O. The van der Waals surface area contributed by atoms with Crippen LogP contribution in [0.5, 0.6) is 0 Å². The smallest absolute Gasteiger partial charge is 0.170 e. The van der Waals surface area contributed by atoms with Crippen molar-refractivity contribution in [3.05, 3.63) is 29.8 Å². The Balaban J connectivity index is 2.14. The molecule has 0 aliphatic carbocycles. The second-order valence-electron chi connectivity index (χ2n) is 5.20. The molecule has 1 aliphatic rings. The number of hydrogen-bond donors (Lipinski definition) is 2. The van der Waals surface area contributed by atoms with Gasteiger partial charge >= 0.3 is 0 Å². The first-order chi connectivity index (χ1) is 8.61. The van der Waals surface area contributed by atoms with Crippen LogP contribution < -0.4 is 10.6 Å². The van der Waals surface area contributed by atoms with Gasteiger partial charge in [-0.15, -0.1) is 0 Å². The van der Waals surface area contributed by atoms with E-state index >= 15 is 0 Å². The second kappa shape index (κ2) is 5.29. The van der Waals surface area contributed by atoms with E-state index < -0.39 is 0 Å². The maximum atomic E-state index is 8.63. The lowest BCUT2D eigenvalue weighted by molar-refractivity contribution is 0.318. The van der Waals surface area contributed by atoms with Crippen molar-refractivity contribution >= 4 is 11.5 Å². The molecule has 98 valence electrons. The molecule has 1 aromatic carbocycles.